The summed E-state index contributed by atoms with van der Waals surface area (Å²) in [6.07, 6.45) is 0. The summed E-state index contributed by atoms with van der Waals surface area (Å²) in [7, 11) is 0. The highest BCUT2D eigenvalue weighted by atomic mass is 19.1. The predicted octanol–water partition coefficient (Wildman–Crippen LogP) is 5.32. The molecule has 0 unspecified atom stereocenters. The van der Waals surface area contributed by atoms with Gasteiger partial charge >= 0.3 is 11.9 Å². The Labute approximate surface area is 195 Å². The maximum atomic E-state index is 14.4. The van der Waals surface area contributed by atoms with Gasteiger partial charge in [0.15, 0.2) is 0 Å². The number of rotatable bonds is 6. The first kappa shape index (κ1) is 24.6. The van der Waals surface area contributed by atoms with Crippen LogP contribution in [0.25, 0.3) is 11.1 Å². The molecule has 0 radical (unpaired) electrons. The van der Waals surface area contributed by atoms with E-state index in [1.54, 1.807) is 51.1 Å². The number of carboxylic acids is 1. The summed E-state index contributed by atoms with van der Waals surface area (Å²) in [5.74, 6) is -4.98. The van der Waals surface area contributed by atoms with Crippen LogP contribution in [-0.2, 0) is 9.53 Å². The summed E-state index contributed by atoms with van der Waals surface area (Å²) in [4.78, 5) is 37.8. The Bertz CT molecular complexity index is 1210. The van der Waals surface area contributed by atoms with E-state index in [1.807, 2.05) is 0 Å². The number of ether oxygens (including phenoxy) is 1. The molecule has 0 aliphatic rings. The standard InChI is InChI=1S/C26H23F2NO5/c1-26(2,3)34-22(30)15-29(24(31)23-20(27)8-5-9-21(23)28)19-7-4-6-18(14-19)16-10-12-17(13-11-16)25(32)33/h4-14H,15H2,1-3H3,(H,32,33). The first-order chi connectivity index (χ1) is 16.0. The van der Waals surface area contributed by atoms with E-state index in [9.17, 15) is 23.2 Å². The van der Waals surface area contributed by atoms with Crippen molar-refractivity contribution in [3.05, 3.63) is 89.5 Å². The predicted molar refractivity (Wildman–Crippen MR) is 123 cm³/mol. The number of amides is 1. The highest BCUT2D eigenvalue weighted by Crippen LogP contribution is 2.27. The van der Waals surface area contributed by atoms with E-state index in [4.69, 9.17) is 9.84 Å². The number of benzene rings is 3. The van der Waals surface area contributed by atoms with Crippen molar-refractivity contribution in [2.24, 2.45) is 0 Å². The summed E-state index contributed by atoms with van der Waals surface area (Å²) in [5, 5.41) is 9.09. The SMILES string of the molecule is CC(C)(C)OC(=O)CN(C(=O)c1c(F)cccc1F)c1cccc(-c2ccc(C(=O)O)cc2)c1. The number of hydrogen-bond donors (Lipinski definition) is 1. The zero-order valence-corrected chi connectivity index (χ0v) is 18.8. The molecule has 0 spiro atoms. The van der Waals surface area contributed by atoms with Gasteiger partial charge in [-0.1, -0.05) is 30.3 Å². The van der Waals surface area contributed by atoms with Crippen molar-refractivity contribution in [3.63, 3.8) is 0 Å². The van der Waals surface area contributed by atoms with Crippen molar-refractivity contribution >= 4 is 23.5 Å². The van der Waals surface area contributed by atoms with Crippen molar-refractivity contribution in [3.8, 4) is 11.1 Å². The minimum atomic E-state index is -1.07. The molecule has 176 valence electrons. The van der Waals surface area contributed by atoms with Gasteiger partial charge < -0.3 is 9.84 Å². The Hall–Kier alpha value is -4.07. The lowest BCUT2D eigenvalue weighted by molar-refractivity contribution is -0.152. The summed E-state index contributed by atoms with van der Waals surface area (Å²) in [6, 6.07) is 15.5. The van der Waals surface area contributed by atoms with E-state index in [-0.39, 0.29) is 11.3 Å². The lowest BCUT2D eigenvalue weighted by atomic mass is 10.0. The highest BCUT2D eigenvalue weighted by Gasteiger charge is 2.28. The Morgan fingerprint density at radius 2 is 1.47 bits per heavy atom. The van der Waals surface area contributed by atoms with Crippen LogP contribution < -0.4 is 4.90 Å². The highest BCUT2D eigenvalue weighted by molar-refractivity contribution is 6.09. The van der Waals surface area contributed by atoms with Crippen molar-refractivity contribution in [1.82, 2.24) is 0 Å². The molecule has 1 N–H and O–H groups in total. The second-order valence-corrected chi connectivity index (χ2v) is 8.51. The molecule has 0 atom stereocenters. The van der Waals surface area contributed by atoms with Gasteiger partial charge in [0.2, 0.25) is 0 Å². The number of nitrogens with zero attached hydrogens (tertiary/aromatic N) is 1. The number of carbonyl (C=O) groups excluding carboxylic acids is 2. The molecule has 0 aliphatic heterocycles. The third-order valence-electron chi connectivity index (χ3n) is 4.75. The van der Waals surface area contributed by atoms with Crippen LogP contribution in [0.15, 0.2) is 66.7 Å². The maximum Gasteiger partial charge on any atom is 0.335 e. The minimum absolute atomic E-state index is 0.108. The molecule has 0 aromatic heterocycles. The van der Waals surface area contributed by atoms with Gasteiger partial charge in [-0.15, -0.1) is 0 Å². The zero-order valence-electron chi connectivity index (χ0n) is 18.8. The van der Waals surface area contributed by atoms with E-state index in [0.717, 1.165) is 23.1 Å². The fourth-order valence-electron chi connectivity index (χ4n) is 3.28. The molecule has 34 heavy (non-hydrogen) atoms. The first-order valence-electron chi connectivity index (χ1n) is 10.4. The molecule has 8 heteroatoms. The van der Waals surface area contributed by atoms with Crippen LogP contribution in [0.4, 0.5) is 14.5 Å². The smallest absolute Gasteiger partial charge is 0.335 e. The van der Waals surface area contributed by atoms with Gasteiger partial charge in [0, 0.05) is 5.69 Å². The second kappa shape index (κ2) is 9.82. The topological polar surface area (TPSA) is 83.9 Å². The number of halogens is 2. The van der Waals surface area contributed by atoms with Gasteiger partial charge in [-0.25, -0.2) is 13.6 Å². The van der Waals surface area contributed by atoms with Crippen molar-refractivity contribution in [2.45, 2.75) is 26.4 Å². The minimum Gasteiger partial charge on any atom is -0.478 e. The normalized spacial score (nSPS) is 11.1. The molecule has 0 bridgehead atoms. The summed E-state index contributed by atoms with van der Waals surface area (Å²) in [6.45, 7) is 4.41. The lowest BCUT2D eigenvalue weighted by Gasteiger charge is -2.26. The third-order valence-corrected chi connectivity index (χ3v) is 4.75. The largest absolute Gasteiger partial charge is 0.478 e. The van der Waals surface area contributed by atoms with E-state index < -0.39 is 47.2 Å². The maximum absolute atomic E-state index is 14.4. The van der Waals surface area contributed by atoms with Crippen LogP contribution in [0.1, 0.15) is 41.5 Å². The lowest BCUT2D eigenvalue weighted by Crippen LogP contribution is -2.39. The van der Waals surface area contributed by atoms with Crippen LogP contribution in [0.5, 0.6) is 0 Å². The molecular weight excluding hydrogens is 444 g/mol. The van der Waals surface area contributed by atoms with Crippen molar-refractivity contribution < 1.29 is 33.0 Å². The molecule has 3 rings (SSSR count). The van der Waals surface area contributed by atoms with Crippen molar-refractivity contribution in [1.29, 1.82) is 0 Å². The third kappa shape index (κ3) is 5.83. The van der Waals surface area contributed by atoms with Crippen LogP contribution >= 0.6 is 0 Å². The quantitative estimate of drug-likeness (QED) is 0.496. The van der Waals surface area contributed by atoms with Gasteiger partial charge in [0.25, 0.3) is 5.91 Å². The van der Waals surface area contributed by atoms with Gasteiger partial charge in [0.05, 0.1) is 5.56 Å². The molecule has 6 nitrogen and oxygen atoms in total. The molecule has 0 saturated carbocycles. The van der Waals surface area contributed by atoms with Gasteiger partial charge in [0.1, 0.15) is 29.3 Å². The Kier molecular flexibility index (Phi) is 7.10. The second-order valence-electron chi connectivity index (χ2n) is 8.51. The molecule has 0 saturated heterocycles. The van der Waals surface area contributed by atoms with E-state index in [2.05, 4.69) is 0 Å². The Morgan fingerprint density at radius 1 is 0.882 bits per heavy atom. The number of esters is 1. The fourth-order valence-corrected chi connectivity index (χ4v) is 3.28. The van der Waals surface area contributed by atoms with Gasteiger partial charge in [-0.05, 0) is 68.3 Å². The molecule has 0 fully saturated rings. The van der Waals surface area contributed by atoms with Gasteiger partial charge in [-0.2, -0.15) is 0 Å². The zero-order chi connectivity index (χ0) is 25.0. The van der Waals surface area contributed by atoms with Crippen LogP contribution in [0.2, 0.25) is 0 Å². The molecular formula is C26H23F2NO5. The van der Waals surface area contributed by atoms with E-state index >= 15 is 0 Å². The number of hydrogen-bond acceptors (Lipinski definition) is 4. The Morgan fingerprint density at radius 3 is 2.03 bits per heavy atom. The molecule has 3 aromatic carbocycles. The van der Waals surface area contributed by atoms with Crippen molar-refractivity contribution in [2.75, 3.05) is 11.4 Å². The van der Waals surface area contributed by atoms with E-state index in [0.29, 0.717) is 11.1 Å². The van der Waals surface area contributed by atoms with Crippen LogP contribution in [0, 0.1) is 11.6 Å². The van der Waals surface area contributed by atoms with E-state index in [1.165, 1.54) is 18.2 Å². The number of carbonyl (C=O) groups is 3. The van der Waals surface area contributed by atoms with Crippen LogP contribution in [-0.4, -0.2) is 35.1 Å². The number of anilines is 1. The first-order valence-corrected chi connectivity index (χ1v) is 10.4. The average Bonchev–Trinajstić information content (AvgIpc) is 2.76. The molecule has 0 heterocycles. The summed E-state index contributed by atoms with van der Waals surface area (Å²) in [5.41, 5.74) is -0.0562. The molecule has 1 amide bonds. The molecule has 3 aromatic rings. The Balaban J connectivity index is 2.04. The number of aromatic carboxylic acids is 1. The fraction of sp³-hybridized carbons (Fsp3) is 0.192. The van der Waals surface area contributed by atoms with Crippen LogP contribution in [0.3, 0.4) is 0 Å². The van der Waals surface area contributed by atoms with Gasteiger partial charge in [-0.3, -0.25) is 14.5 Å². The summed E-state index contributed by atoms with van der Waals surface area (Å²) >= 11 is 0. The number of carboxylic acid groups (broad SMARTS) is 1. The average molecular weight is 467 g/mol. The summed E-state index contributed by atoms with van der Waals surface area (Å²) < 4.78 is 34.1. The monoisotopic (exact) mass is 467 g/mol. The molecule has 0 aliphatic carbocycles.